The number of halogens is 2. The molecule has 9 heteroatoms. The molecular formula is C21H23ClFN5O2. The molecule has 0 aliphatic heterocycles. The van der Waals surface area contributed by atoms with Crippen molar-refractivity contribution in [2.75, 3.05) is 18.4 Å². The number of anilines is 1. The Labute approximate surface area is 178 Å². The average Bonchev–Trinajstić information content (AvgIpc) is 3.07. The zero-order chi connectivity index (χ0) is 21.8. The number of carbonyl (C=O) groups excluding carboxylic acids is 2. The van der Waals surface area contributed by atoms with Crippen LogP contribution < -0.4 is 11.1 Å². The van der Waals surface area contributed by atoms with Crippen molar-refractivity contribution < 1.29 is 14.0 Å². The fourth-order valence-electron chi connectivity index (χ4n) is 3.20. The maximum atomic E-state index is 14.0. The lowest BCUT2D eigenvalue weighted by Crippen LogP contribution is -2.40. The summed E-state index contributed by atoms with van der Waals surface area (Å²) in [5.74, 6) is -1.60. The summed E-state index contributed by atoms with van der Waals surface area (Å²) in [4.78, 5) is 26.1. The van der Waals surface area contributed by atoms with Crippen LogP contribution in [0.5, 0.6) is 0 Å². The van der Waals surface area contributed by atoms with E-state index in [4.69, 9.17) is 17.3 Å². The van der Waals surface area contributed by atoms with Crippen LogP contribution in [0.15, 0.2) is 42.5 Å². The standard InChI is InChI=1S/C21H23ClFN5O2/c1-13(2)27(12-18(29)25-16-8-5-7-15(22)19(16)23)10-11-28-17-9-4-3-6-14(17)20(26-28)21(24)30/h3-9,13H,10-12H2,1-2H3,(H2,24,30)(H,25,29). The molecule has 2 amide bonds. The summed E-state index contributed by atoms with van der Waals surface area (Å²) in [7, 11) is 0. The van der Waals surface area contributed by atoms with E-state index in [1.807, 2.05) is 36.9 Å². The third-order valence-electron chi connectivity index (χ3n) is 4.79. The molecule has 0 saturated carbocycles. The number of amides is 2. The first-order chi connectivity index (χ1) is 14.3. The van der Waals surface area contributed by atoms with Crippen LogP contribution in [0.3, 0.4) is 0 Å². The maximum Gasteiger partial charge on any atom is 0.269 e. The van der Waals surface area contributed by atoms with Gasteiger partial charge in [0, 0.05) is 18.0 Å². The quantitative estimate of drug-likeness (QED) is 0.572. The van der Waals surface area contributed by atoms with E-state index in [2.05, 4.69) is 10.4 Å². The van der Waals surface area contributed by atoms with E-state index in [0.717, 1.165) is 5.52 Å². The number of nitrogens with zero attached hydrogens (tertiary/aromatic N) is 3. The molecule has 158 valence electrons. The fraction of sp³-hybridized carbons (Fsp3) is 0.286. The second-order valence-corrected chi connectivity index (χ2v) is 7.57. The van der Waals surface area contributed by atoms with Crippen LogP contribution in [0.1, 0.15) is 24.3 Å². The van der Waals surface area contributed by atoms with Gasteiger partial charge in [0.2, 0.25) is 5.91 Å². The molecule has 0 spiro atoms. The van der Waals surface area contributed by atoms with Gasteiger partial charge >= 0.3 is 0 Å². The topological polar surface area (TPSA) is 93.2 Å². The Bertz CT molecular complexity index is 1080. The second-order valence-electron chi connectivity index (χ2n) is 7.17. The number of nitrogens with one attached hydrogen (secondary N) is 1. The van der Waals surface area contributed by atoms with Crippen LogP contribution in [-0.2, 0) is 11.3 Å². The van der Waals surface area contributed by atoms with Gasteiger partial charge in [-0.05, 0) is 32.0 Å². The van der Waals surface area contributed by atoms with E-state index in [1.165, 1.54) is 12.1 Å². The molecule has 7 nitrogen and oxygen atoms in total. The van der Waals surface area contributed by atoms with Gasteiger partial charge in [0.25, 0.3) is 5.91 Å². The number of fused-ring (bicyclic) bond motifs is 1. The number of benzene rings is 2. The number of nitrogens with two attached hydrogens (primary N) is 1. The lowest BCUT2D eigenvalue weighted by Gasteiger charge is -2.26. The summed E-state index contributed by atoms with van der Waals surface area (Å²) in [6.45, 7) is 4.93. The molecule has 0 aliphatic rings. The van der Waals surface area contributed by atoms with Crippen molar-refractivity contribution in [1.82, 2.24) is 14.7 Å². The molecule has 0 radical (unpaired) electrons. The third kappa shape index (κ3) is 4.77. The normalized spacial score (nSPS) is 11.4. The van der Waals surface area contributed by atoms with E-state index in [1.54, 1.807) is 16.8 Å². The summed E-state index contributed by atoms with van der Waals surface area (Å²) in [6.07, 6.45) is 0. The van der Waals surface area contributed by atoms with E-state index < -0.39 is 11.7 Å². The molecule has 3 N–H and O–H groups in total. The lowest BCUT2D eigenvalue weighted by molar-refractivity contribution is -0.117. The number of para-hydroxylation sites is 1. The Hall–Kier alpha value is -2.97. The highest BCUT2D eigenvalue weighted by molar-refractivity contribution is 6.31. The van der Waals surface area contributed by atoms with E-state index in [-0.39, 0.29) is 34.9 Å². The Morgan fingerprint density at radius 2 is 1.97 bits per heavy atom. The summed E-state index contributed by atoms with van der Waals surface area (Å²) in [5, 5.41) is 7.54. The molecule has 0 saturated heterocycles. The molecule has 1 aromatic heterocycles. The van der Waals surface area contributed by atoms with Gasteiger partial charge in [0.1, 0.15) is 0 Å². The smallest absolute Gasteiger partial charge is 0.269 e. The molecule has 0 aliphatic carbocycles. The Kier molecular flexibility index (Phi) is 6.69. The van der Waals surface area contributed by atoms with Gasteiger partial charge in [-0.2, -0.15) is 5.10 Å². The molecule has 0 unspecified atom stereocenters. The van der Waals surface area contributed by atoms with Crippen molar-refractivity contribution in [3.05, 3.63) is 59.0 Å². The Morgan fingerprint density at radius 1 is 1.23 bits per heavy atom. The minimum Gasteiger partial charge on any atom is -0.364 e. The van der Waals surface area contributed by atoms with Gasteiger partial charge < -0.3 is 11.1 Å². The number of hydrogen-bond acceptors (Lipinski definition) is 4. The van der Waals surface area contributed by atoms with Crippen LogP contribution in [0.4, 0.5) is 10.1 Å². The summed E-state index contributed by atoms with van der Waals surface area (Å²) in [5.41, 5.74) is 6.49. The summed E-state index contributed by atoms with van der Waals surface area (Å²) < 4.78 is 15.7. The van der Waals surface area contributed by atoms with Gasteiger partial charge in [-0.1, -0.05) is 35.9 Å². The van der Waals surface area contributed by atoms with Crippen molar-refractivity contribution in [2.24, 2.45) is 5.73 Å². The van der Waals surface area contributed by atoms with Crippen LogP contribution in [-0.4, -0.2) is 45.6 Å². The van der Waals surface area contributed by atoms with Crippen LogP contribution in [0.2, 0.25) is 5.02 Å². The Morgan fingerprint density at radius 3 is 2.67 bits per heavy atom. The highest BCUT2D eigenvalue weighted by Gasteiger charge is 2.18. The molecule has 0 fully saturated rings. The van der Waals surface area contributed by atoms with Gasteiger partial charge in [-0.3, -0.25) is 19.2 Å². The van der Waals surface area contributed by atoms with Gasteiger partial charge in [0.15, 0.2) is 11.5 Å². The second kappa shape index (κ2) is 9.23. The number of primary amides is 1. The van der Waals surface area contributed by atoms with Crippen molar-refractivity contribution in [3.8, 4) is 0 Å². The van der Waals surface area contributed by atoms with E-state index in [9.17, 15) is 14.0 Å². The molecule has 1 heterocycles. The zero-order valence-corrected chi connectivity index (χ0v) is 17.5. The molecule has 3 rings (SSSR count). The largest absolute Gasteiger partial charge is 0.364 e. The molecular weight excluding hydrogens is 409 g/mol. The first-order valence-corrected chi connectivity index (χ1v) is 9.89. The predicted molar refractivity (Wildman–Crippen MR) is 115 cm³/mol. The monoisotopic (exact) mass is 431 g/mol. The fourth-order valence-corrected chi connectivity index (χ4v) is 3.37. The molecule has 3 aromatic rings. The van der Waals surface area contributed by atoms with E-state index in [0.29, 0.717) is 18.5 Å². The average molecular weight is 432 g/mol. The minimum atomic E-state index is -0.661. The molecule has 0 atom stereocenters. The molecule has 2 aromatic carbocycles. The highest BCUT2D eigenvalue weighted by atomic mass is 35.5. The minimum absolute atomic E-state index is 0.0420. The van der Waals surface area contributed by atoms with Crippen molar-refractivity contribution >= 4 is 40.0 Å². The highest BCUT2D eigenvalue weighted by Crippen LogP contribution is 2.22. The number of aromatic nitrogens is 2. The Balaban J connectivity index is 1.71. The predicted octanol–water partition coefficient (Wildman–Crippen LogP) is 3.28. The van der Waals surface area contributed by atoms with Gasteiger partial charge in [0.05, 0.1) is 29.3 Å². The van der Waals surface area contributed by atoms with Crippen molar-refractivity contribution in [2.45, 2.75) is 26.4 Å². The summed E-state index contributed by atoms with van der Waals surface area (Å²) >= 11 is 5.76. The summed E-state index contributed by atoms with van der Waals surface area (Å²) in [6, 6.07) is 11.8. The van der Waals surface area contributed by atoms with Gasteiger partial charge in [-0.15, -0.1) is 0 Å². The van der Waals surface area contributed by atoms with Crippen molar-refractivity contribution in [1.29, 1.82) is 0 Å². The third-order valence-corrected chi connectivity index (χ3v) is 5.08. The molecule has 30 heavy (non-hydrogen) atoms. The molecule has 0 bridgehead atoms. The number of carbonyl (C=O) groups is 2. The van der Waals surface area contributed by atoms with Crippen LogP contribution in [0, 0.1) is 5.82 Å². The van der Waals surface area contributed by atoms with Crippen LogP contribution in [0.25, 0.3) is 10.9 Å². The number of hydrogen-bond donors (Lipinski definition) is 2. The number of rotatable bonds is 8. The van der Waals surface area contributed by atoms with Gasteiger partial charge in [-0.25, -0.2) is 4.39 Å². The first kappa shape index (κ1) is 21.7. The SMILES string of the molecule is CC(C)N(CCn1nc(C(N)=O)c2ccccc21)CC(=O)Nc1cccc(Cl)c1F. The van der Waals surface area contributed by atoms with Crippen LogP contribution >= 0.6 is 11.6 Å². The van der Waals surface area contributed by atoms with E-state index >= 15 is 0 Å². The lowest BCUT2D eigenvalue weighted by atomic mass is 10.2. The zero-order valence-electron chi connectivity index (χ0n) is 16.7. The maximum absolute atomic E-state index is 14.0. The first-order valence-electron chi connectivity index (χ1n) is 9.51. The van der Waals surface area contributed by atoms with Crippen molar-refractivity contribution in [3.63, 3.8) is 0 Å².